The SMILES string of the molecule is Cc1c(C(=O)NNC(=O)c2sc3cc(F)ccc3c2Cl)cccc1[N+](=O)[O-]. The van der Waals surface area contributed by atoms with Crippen LogP contribution in [0.3, 0.4) is 0 Å². The zero-order chi connectivity index (χ0) is 19.7. The minimum Gasteiger partial charge on any atom is -0.267 e. The lowest BCUT2D eigenvalue weighted by Crippen LogP contribution is -2.41. The van der Waals surface area contributed by atoms with Crippen molar-refractivity contribution < 1.29 is 18.9 Å². The number of hydrazine groups is 1. The van der Waals surface area contributed by atoms with Crippen LogP contribution < -0.4 is 10.9 Å². The number of thiophene rings is 1. The van der Waals surface area contributed by atoms with E-state index in [2.05, 4.69) is 10.9 Å². The van der Waals surface area contributed by atoms with Crippen molar-refractivity contribution in [3.05, 3.63) is 73.4 Å². The molecule has 1 aromatic heterocycles. The highest BCUT2D eigenvalue weighted by molar-refractivity contribution is 7.21. The third-order valence-electron chi connectivity index (χ3n) is 3.83. The van der Waals surface area contributed by atoms with Crippen molar-refractivity contribution in [3.8, 4) is 0 Å². The molecule has 0 saturated carbocycles. The molecule has 0 unspecified atom stereocenters. The van der Waals surface area contributed by atoms with Crippen LogP contribution >= 0.6 is 22.9 Å². The molecule has 3 aromatic rings. The fraction of sp³-hybridized carbons (Fsp3) is 0.0588. The molecule has 138 valence electrons. The summed E-state index contributed by atoms with van der Waals surface area (Å²) in [4.78, 5) is 35.0. The van der Waals surface area contributed by atoms with E-state index in [1.54, 1.807) is 0 Å². The van der Waals surface area contributed by atoms with Crippen molar-refractivity contribution in [3.63, 3.8) is 0 Å². The highest BCUT2D eigenvalue weighted by Crippen LogP contribution is 2.35. The van der Waals surface area contributed by atoms with E-state index in [1.807, 2.05) is 0 Å². The second-order valence-corrected chi connectivity index (χ2v) is 6.93. The molecule has 0 saturated heterocycles. The lowest BCUT2D eigenvalue weighted by Gasteiger charge is -2.08. The number of hydrogen-bond acceptors (Lipinski definition) is 5. The Bertz CT molecular complexity index is 1100. The molecular weight excluding hydrogens is 397 g/mol. The van der Waals surface area contributed by atoms with E-state index in [4.69, 9.17) is 11.6 Å². The molecule has 0 spiro atoms. The minimum atomic E-state index is -0.715. The average molecular weight is 408 g/mol. The third-order valence-corrected chi connectivity index (χ3v) is 5.49. The van der Waals surface area contributed by atoms with Crippen molar-refractivity contribution in [1.82, 2.24) is 10.9 Å². The van der Waals surface area contributed by atoms with E-state index in [0.717, 1.165) is 11.3 Å². The lowest BCUT2D eigenvalue weighted by atomic mass is 10.1. The zero-order valence-corrected chi connectivity index (χ0v) is 15.3. The Kier molecular flexibility index (Phi) is 5.06. The van der Waals surface area contributed by atoms with Crippen LogP contribution in [0.2, 0.25) is 5.02 Å². The topological polar surface area (TPSA) is 101 Å². The van der Waals surface area contributed by atoms with Crippen LogP contribution in [-0.4, -0.2) is 16.7 Å². The van der Waals surface area contributed by atoms with Gasteiger partial charge in [-0.15, -0.1) is 11.3 Å². The molecule has 0 aliphatic heterocycles. The van der Waals surface area contributed by atoms with Gasteiger partial charge in [0.2, 0.25) is 0 Å². The van der Waals surface area contributed by atoms with E-state index in [0.29, 0.717) is 10.1 Å². The maximum absolute atomic E-state index is 13.3. The van der Waals surface area contributed by atoms with Gasteiger partial charge in [-0.3, -0.25) is 30.6 Å². The van der Waals surface area contributed by atoms with Gasteiger partial charge in [0.15, 0.2) is 0 Å². The van der Waals surface area contributed by atoms with Crippen molar-refractivity contribution in [2.75, 3.05) is 0 Å². The molecule has 0 radical (unpaired) electrons. The van der Waals surface area contributed by atoms with Crippen molar-refractivity contribution in [2.45, 2.75) is 6.92 Å². The maximum Gasteiger partial charge on any atom is 0.281 e. The predicted octanol–water partition coefficient (Wildman–Crippen LogP) is 3.99. The highest BCUT2D eigenvalue weighted by atomic mass is 35.5. The molecule has 7 nitrogen and oxygen atoms in total. The lowest BCUT2D eigenvalue weighted by molar-refractivity contribution is -0.385. The Morgan fingerprint density at radius 3 is 2.59 bits per heavy atom. The van der Waals surface area contributed by atoms with Crippen LogP contribution in [0.5, 0.6) is 0 Å². The largest absolute Gasteiger partial charge is 0.281 e. The van der Waals surface area contributed by atoms with E-state index in [9.17, 15) is 24.1 Å². The molecule has 10 heteroatoms. The first-order chi connectivity index (χ1) is 12.8. The first-order valence-electron chi connectivity index (χ1n) is 7.52. The van der Waals surface area contributed by atoms with Crippen LogP contribution in [0.15, 0.2) is 36.4 Å². The van der Waals surface area contributed by atoms with Crippen LogP contribution in [0, 0.1) is 22.9 Å². The third kappa shape index (κ3) is 3.60. The van der Waals surface area contributed by atoms with Crippen LogP contribution in [0.25, 0.3) is 10.1 Å². The molecule has 0 bridgehead atoms. The maximum atomic E-state index is 13.3. The molecule has 0 atom stereocenters. The highest BCUT2D eigenvalue weighted by Gasteiger charge is 2.21. The average Bonchev–Trinajstić information content (AvgIpc) is 2.95. The normalized spacial score (nSPS) is 10.6. The van der Waals surface area contributed by atoms with Crippen molar-refractivity contribution in [1.29, 1.82) is 0 Å². The number of nitro groups is 1. The summed E-state index contributed by atoms with van der Waals surface area (Å²) >= 11 is 7.14. The quantitative estimate of drug-likeness (QED) is 0.506. The molecular formula is C17H11ClFN3O4S. The van der Waals surface area contributed by atoms with Crippen LogP contribution in [0.1, 0.15) is 25.6 Å². The Morgan fingerprint density at radius 1 is 1.19 bits per heavy atom. The van der Waals surface area contributed by atoms with Gasteiger partial charge in [0, 0.05) is 21.7 Å². The fourth-order valence-corrected chi connectivity index (χ4v) is 3.93. The standard InChI is InChI=1S/C17H11ClFN3O4S/c1-8-10(3-2-4-12(8)22(25)26)16(23)20-21-17(24)15-14(18)11-6-5-9(19)7-13(11)27-15/h2-7H,1H3,(H,20,23)(H,21,24). The molecule has 0 fully saturated rings. The monoisotopic (exact) mass is 407 g/mol. The number of rotatable bonds is 3. The Balaban J connectivity index is 1.78. The summed E-state index contributed by atoms with van der Waals surface area (Å²) in [5.41, 5.74) is 4.43. The van der Waals surface area contributed by atoms with Gasteiger partial charge in [-0.25, -0.2) is 4.39 Å². The Labute approximate surface area is 160 Å². The number of halogens is 2. The molecule has 2 amide bonds. The summed E-state index contributed by atoms with van der Waals surface area (Å²) in [5, 5.41) is 11.6. The number of nitrogens with zero attached hydrogens (tertiary/aromatic N) is 1. The van der Waals surface area contributed by atoms with E-state index in [-0.39, 0.29) is 26.7 Å². The number of hydrogen-bond donors (Lipinski definition) is 2. The number of nitro benzene ring substituents is 1. The van der Waals surface area contributed by atoms with Gasteiger partial charge in [0.1, 0.15) is 10.7 Å². The summed E-state index contributed by atoms with van der Waals surface area (Å²) in [6, 6.07) is 8.01. The van der Waals surface area contributed by atoms with E-state index in [1.165, 1.54) is 43.3 Å². The molecule has 0 aliphatic rings. The van der Waals surface area contributed by atoms with Gasteiger partial charge < -0.3 is 0 Å². The number of carbonyl (C=O) groups is 2. The van der Waals surface area contributed by atoms with Crippen molar-refractivity contribution >= 4 is 50.5 Å². The summed E-state index contributed by atoms with van der Waals surface area (Å²) in [6.45, 7) is 1.44. The predicted molar refractivity (Wildman–Crippen MR) is 99.6 cm³/mol. The Hall–Kier alpha value is -3.04. The molecule has 27 heavy (non-hydrogen) atoms. The van der Waals surface area contributed by atoms with Crippen molar-refractivity contribution in [2.24, 2.45) is 0 Å². The smallest absolute Gasteiger partial charge is 0.267 e. The molecule has 2 N–H and O–H groups in total. The second kappa shape index (κ2) is 7.29. The van der Waals surface area contributed by atoms with Gasteiger partial charge in [0.05, 0.1) is 15.5 Å². The summed E-state index contributed by atoms with van der Waals surface area (Å²) in [5.74, 6) is -1.85. The number of amides is 2. The minimum absolute atomic E-state index is 0.0500. The van der Waals surface area contributed by atoms with Gasteiger partial charge in [-0.05, 0) is 31.2 Å². The number of benzene rings is 2. The number of nitrogens with one attached hydrogen (secondary N) is 2. The first kappa shape index (κ1) is 18.7. The number of fused-ring (bicyclic) bond motifs is 1. The molecule has 3 rings (SSSR count). The van der Waals surface area contributed by atoms with Crippen LogP contribution in [0.4, 0.5) is 10.1 Å². The first-order valence-corrected chi connectivity index (χ1v) is 8.71. The molecule has 2 aromatic carbocycles. The fourth-order valence-electron chi connectivity index (χ4n) is 2.49. The van der Waals surface area contributed by atoms with E-state index >= 15 is 0 Å². The van der Waals surface area contributed by atoms with Gasteiger partial charge >= 0.3 is 0 Å². The second-order valence-electron chi connectivity index (χ2n) is 5.50. The van der Waals surface area contributed by atoms with Gasteiger partial charge in [-0.1, -0.05) is 17.7 Å². The molecule has 0 aliphatic carbocycles. The van der Waals surface area contributed by atoms with Gasteiger partial charge in [-0.2, -0.15) is 0 Å². The molecule has 1 heterocycles. The summed E-state index contributed by atoms with van der Waals surface area (Å²) in [6.07, 6.45) is 0. The number of carbonyl (C=O) groups excluding carboxylic acids is 2. The zero-order valence-electron chi connectivity index (χ0n) is 13.7. The Morgan fingerprint density at radius 2 is 1.89 bits per heavy atom. The summed E-state index contributed by atoms with van der Waals surface area (Å²) in [7, 11) is 0. The van der Waals surface area contributed by atoms with Crippen LogP contribution in [-0.2, 0) is 0 Å². The van der Waals surface area contributed by atoms with Gasteiger partial charge in [0.25, 0.3) is 17.5 Å². The summed E-state index contributed by atoms with van der Waals surface area (Å²) < 4.78 is 13.8. The van der Waals surface area contributed by atoms with E-state index < -0.39 is 22.6 Å².